The Morgan fingerprint density at radius 1 is 1.33 bits per heavy atom. The Morgan fingerprint density at radius 3 is 2.80 bits per heavy atom. The van der Waals surface area contributed by atoms with E-state index in [9.17, 15) is 4.79 Å². The van der Waals surface area contributed by atoms with Gasteiger partial charge in [-0.15, -0.1) is 0 Å². The van der Waals surface area contributed by atoms with E-state index in [1.54, 1.807) is 30.3 Å². The Morgan fingerprint density at radius 2 is 2.13 bits per heavy atom. The van der Waals surface area contributed by atoms with Gasteiger partial charge in [-0.25, -0.2) is 0 Å². The van der Waals surface area contributed by atoms with Gasteiger partial charge in [-0.3, -0.25) is 10.1 Å². The molecule has 1 amide bonds. The van der Waals surface area contributed by atoms with E-state index < -0.39 is 0 Å². The molecule has 0 fully saturated rings. The second kappa shape index (κ2) is 4.14. The van der Waals surface area contributed by atoms with Crippen molar-refractivity contribution in [1.82, 2.24) is 5.16 Å². The van der Waals surface area contributed by atoms with Crippen molar-refractivity contribution in [2.45, 2.75) is 0 Å². The summed E-state index contributed by atoms with van der Waals surface area (Å²) in [6, 6.07) is 8.33. The number of carbonyl (C=O) groups excluding carboxylic acids is 1. The Hall–Kier alpha value is -1.81. The number of halogens is 1. The van der Waals surface area contributed by atoms with E-state index in [-0.39, 0.29) is 5.91 Å². The summed E-state index contributed by atoms with van der Waals surface area (Å²) in [4.78, 5) is 11.6. The number of nitrogens with one attached hydrogen (secondary N) is 1. The molecule has 0 unspecified atom stereocenters. The summed E-state index contributed by atoms with van der Waals surface area (Å²) in [5.74, 6) is -0.0303. The van der Waals surface area contributed by atoms with Gasteiger partial charge < -0.3 is 4.52 Å². The van der Waals surface area contributed by atoms with Crippen LogP contribution in [0.15, 0.2) is 41.1 Å². The Labute approximate surface area is 90.8 Å². The number of rotatable bonds is 2. The molecular formula is C10H7ClN2O2. The lowest BCUT2D eigenvalue weighted by atomic mass is 10.2. The van der Waals surface area contributed by atoms with Gasteiger partial charge >= 0.3 is 0 Å². The topological polar surface area (TPSA) is 55.1 Å². The molecule has 15 heavy (non-hydrogen) atoms. The van der Waals surface area contributed by atoms with Crippen LogP contribution in [0.4, 0.5) is 5.88 Å². The maximum Gasteiger partial charge on any atom is 0.259 e. The Kier molecular flexibility index (Phi) is 2.69. The number of hydrogen-bond donors (Lipinski definition) is 1. The molecular weight excluding hydrogens is 216 g/mol. The number of anilines is 1. The average Bonchev–Trinajstić information content (AvgIpc) is 2.71. The second-order valence-electron chi connectivity index (χ2n) is 2.81. The molecule has 0 aliphatic carbocycles. The van der Waals surface area contributed by atoms with Crippen LogP contribution in [0.25, 0.3) is 0 Å². The van der Waals surface area contributed by atoms with Gasteiger partial charge in [-0.1, -0.05) is 28.9 Å². The minimum atomic E-state index is -0.322. The largest absolute Gasteiger partial charge is 0.338 e. The van der Waals surface area contributed by atoms with Gasteiger partial charge in [-0.2, -0.15) is 0 Å². The molecule has 0 aliphatic heterocycles. The van der Waals surface area contributed by atoms with Crippen LogP contribution in [0.3, 0.4) is 0 Å². The van der Waals surface area contributed by atoms with Crippen molar-refractivity contribution in [1.29, 1.82) is 0 Å². The van der Waals surface area contributed by atoms with Crippen molar-refractivity contribution >= 4 is 23.4 Å². The normalized spacial score (nSPS) is 9.93. The molecule has 0 aliphatic rings. The summed E-state index contributed by atoms with van der Waals surface area (Å²) >= 11 is 5.85. The van der Waals surface area contributed by atoms with E-state index in [1.165, 1.54) is 6.20 Å². The highest BCUT2D eigenvalue weighted by atomic mass is 35.5. The van der Waals surface area contributed by atoms with Gasteiger partial charge in [0.15, 0.2) is 0 Å². The molecule has 1 aromatic heterocycles. The summed E-state index contributed by atoms with van der Waals surface area (Å²) in [5.41, 5.74) is 0.399. The van der Waals surface area contributed by atoms with E-state index in [4.69, 9.17) is 16.1 Å². The van der Waals surface area contributed by atoms with Crippen LogP contribution in [0.2, 0.25) is 5.02 Å². The third-order valence-electron chi connectivity index (χ3n) is 1.79. The van der Waals surface area contributed by atoms with Crippen LogP contribution in [0.5, 0.6) is 0 Å². The second-order valence-corrected chi connectivity index (χ2v) is 3.22. The van der Waals surface area contributed by atoms with Gasteiger partial charge in [0.1, 0.15) is 0 Å². The van der Waals surface area contributed by atoms with E-state index in [0.29, 0.717) is 16.5 Å². The minimum absolute atomic E-state index is 0.292. The summed E-state index contributed by atoms with van der Waals surface area (Å²) < 4.78 is 4.74. The molecule has 1 N–H and O–H groups in total. The highest BCUT2D eigenvalue weighted by Gasteiger charge is 2.10. The zero-order valence-corrected chi connectivity index (χ0v) is 8.36. The van der Waals surface area contributed by atoms with Crippen molar-refractivity contribution in [3.05, 3.63) is 47.1 Å². The summed E-state index contributed by atoms with van der Waals surface area (Å²) in [5, 5.41) is 6.39. The molecule has 0 radical (unpaired) electrons. The van der Waals surface area contributed by atoms with Crippen molar-refractivity contribution in [3.63, 3.8) is 0 Å². The van der Waals surface area contributed by atoms with Crippen molar-refractivity contribution in [2.24, 2.45) is 0 Å². The van der Waals surface area contributed by atoms with E-state index in [1.807, 2.05) is 0 Å². The highest BCUT2D eigenvalue weighted by Crippen LogP contribution is 2.16. The maximum absolute atomic E-state index is 11.6. The monoisotopic (exact) mass is 222 g/mol. The predicted octanol–water partition coefficient (Wildman–Crippen LogP) is 2.58. The number of carbonyl (C=O) groups is 1. The first-order valence-electron chi connectivity index (χ1n) is 4.24. The zero-order chi connectivity index (χ0) is 10.7. The third kappa shape index (κ3) is 2.16. The predicted molar refractivity (Wildman–Crippen MR) is 55.9 cm³/mol. The molecule has 0 saturated carbocycles. The maximum atomic E-state index is 11.6. The quantitative estimate of drug-likeness (QED) is 0.850. The van der Waals surface area contributed by atoms with Crippen molar-refractivity contribution < 1.29 is 9.32 Å². The number of aromatic nitrogens is 1. The lowest BCUT2D eigenvalue weighted by Gasteiger charge is -2.02. The average molecular weight is 223 g/mol. The van der Waals surface area contributed by atoms with Crippen LogP contribution in [-0.2, 0) is 0 Å². The molecule has 0 bridgehead atoms. The molecule has 0 atom stereocenters. The first kappa shape index (κ1) is 9.73. The number of amides is 1. The molecule has 76 valence electrons. The molecule has 0 saturated heterocycles. The van der Waals surface area contributed by atoms with Gasteiger partial charge in [0, 0.05) is 6.07 Å². The molecule has 1 heterocycles. The number of hydrogen-bond acceptors (Lipinski definition) is 3. The standard InChI is InChI=1S/C10H7ClN2O2/c11-8-4-2-1-3-7(8)10(14)13-9-5-6-12-15-9/h1-6H,(H,13,14). The smallest absolute Gasteiger partial charge is 0.259 e. The zero-order valence-electron chi connectivity index (χ0n) is 7.61. The van der Waals surface area contributed by atoms with Crippen LogP contribution in [0.1, 0.15) is 10.4 Å². The van der Waals surface area contributed by atoms with E-state index in [0.717, 1.165) is 0 Å². The lowest BCUT2D eigenvalue weighted by molar-refractivity contribution is 0.102. The van der Waals surface area contributed by atoms with Gasteiger partial charge in [0.25, 0.3) is 5.91 Å². The number of benzene rings is 1. The highest BCUT2D eigenvalue weighted by molar-refractivity contribution is 6.34. The SMILES string of the molecule is O=C(Nc1ccno1)c1ccccc1Cl. The van der Waals surface area contributed by atoms with Crippen LogP contribution >= 0.6 is 11.6 Å². The van der Waals surface area contributed by atoms with Crippen molar-refractivity contribution in [2.75, 3.05) is 5.32 Å². The minimum Gasteiger partial charge on any atom is -0.338 e. The summed E-state index contributed by atoms with van der Waals surface area (Å²) in [6.07, 6.45) is 1.45. The molecule has 5 heteroatoms. The first-order valence-corrected chi connectivity index (χ1v) is 4.62. The van der Waals surface area contributed by atoms with Crippen LogP contribution in [0, 0.1) is 0 Å². The number of nitrogens with zero attached hydrogens (tertiary/aromatic N) is 1. The van der Waals surface area contributed by atoms with Gasteiger partial charge in [0.05, 0.1) is 16.8 Å². The van der Waals surface area contributed by atoms with Crippen molar-refractivity contribution in [3.8, 4) is 0 Å². The first-order chi connectivity index (χ1) is 7.27. The van der Waals surface area contributed by atoms with Gasteiger partial charge in [-0.05, 0) is 12.1 Å². The van der Waals surface area contributed by atoms with Gasteiger partial charge in [0.2, 0.25) is 5.88 Å². The van der Waals surface area contributed by atoms with E-state index >= 15 is 0 Å². The molecule has 0 spiro atoms. The third-order valence-corrected chi connectivity index (χ3v) is 2.12. The fraction of sp³-hybridized carbons (Fsp3) is 0. The molecule has 4 nitrogen and oxygen atoms in total. The lowest BCUT2D eigenvalue weighted by Crippen LogP contribution is -2.11. The summed E-state index contributed by atoms with van der Waals surface area (Å²) in [7, 11) is 0. The fourth-order valence-corrected chi connectivity index (χ4v) is 1.33. The van der Waals surface area contributed by atoms with E-state index in [2.05, 4.69) is 10.5 Å². The molecule has 2 rings (SSSR count). The molecule has 2 aromatic rings. The van der Waals surface area contributed by atoms with Crippen LogP contribution < -0.4 is 5.32 Å². The van der Waals surface area contributed by atoms with Crippen LogP contribution in [-0.4, -0.2) is 11.1 Å². The summed E-state index contributed by atoms with van der Waals surface area (Å²) in [6.45, 7) is 0. The Balaban J connectivity index is 2.19. The molecule has 1 aromatic carbocycles. The fourth-order valence-electron chi connectivity index (χ4n) is 1.10. The Bertz CT molecular complexity index is 468.